The van der Waals surface area contributed by atoms with E-state index in [-0.39, 0.29) is 11.3 Å². The van der Waals surface area contributed by atoms with Crippen molar-refractivity contribution in [3.8, 4) is 22.4 Å². The van der Waals surface area contributed by atoms with Crippen molar-refractivity contribution in [2.45, 2.75) is 26.5 Å². The molecule has 36 heavy (non-hydrogen) atoms. The number of rotatable bonds is 3. The number of aryl methyl sites for hydroxylation is 2. The molecule has 0 amide bonds. The van der Waals surface area contributed by atoms with E-state index in [2.05, 4.69) is 0 Å². The maximum Gasteiger partial charge on any atom is 0.219 e. The predicted octanol–water partition coefficient (Wildman–Crippen LogP) is 8.61. The van der Waals surface area contributed by atoms with Crippen LogP contribution in [0.1, 0.15) is 40.3 Å². The van der Waals surface area contributed by atoms with E-state index in [1.165, 1.54) is 17.7 Å². The number of furan rings is 1. The van der Waals surface area contributed by atoms with Crippen molar-refractivity contribution < 1.29 is 27.4 Å². The zero-order valence-corrected chi connectivity index (χ0v) is 19.6. The van der Waals surface area contributed by atoms with E-state index in [1.54, 1.807) is 13.0 Å². The zero-order valence-electron chi connectivity index (χ0n) is 26.6. The van der Waals surface area contributed by atoms with Gasteiger partial charge in [-0.05, 0) is 46.8 Å². The maximum absolute atomic E-state index is 15.8. The Hall–Kier alpha value is -4.05. The normalized spacial score (nSPS) is 15.7. The molecular weight excluding hydrogens is 452 g/mol. The average Bonchev–Trinajstić information content (AvgIpc) is 3.30. The van der Waals surface area contributed by atoms with E-state index < -0.39 is 36.8 Å². The minimum Gasteiger partial charge on any atom is -0.454 e. The second kappa shape index (κ2) is 8.27. The van der Waals surface area contributed by atoms with Gasteiger partial charge in [0, 0.05) is 26.4 Å². The summed E-state index contributed by atoms with van der Waals surface area (Å²) < 4.78 is 94.4. The molecule has 0 unspecified atom stereocenters. The van der Waals surface area contributed by atoms with Crippen molar-refractivity contribution >= 4 is 32.7 Å². The Labute approximate surface area is 218 Å². The van der Waals surface area contributed by atoms with Crippen molar-refractivity contribution in [1.82, 2.24) is 0 Å². The van der Waals surface area contributed by atoms with Gasteiger partial charge in [0.05, 0.1) is 16.7 Å². The first kappa shape index (κ1) is 15.8. The van der Waals surface area contributed by atoms with E-state index in [4.69, 9.17) is 14.0 Å². The summed E-state index contributed by atoms with van der Waals surface area (Å²) in [4.78, 5) is 0. The smallest absolute Gasteiger partial charge is 0.219 e. The molecule has 2 nitrogen and oxygen atoms in total. The first-order valence-electron chi connectivity index (χ1n) is 15.0. The van der Waals surface area contributed by atoms with Crippen molar-refractivity contribution in [1.29, 1.82) is 0 Å². The summed E-state index contributed by atoms with van der Waals surface area (Å²) in [5.74, 6) is -4.82. The maximum atomic E-state index is 15.8. The molecule has 0 aliphatic rings. The molecule has 0 spiro atoms. The van der Waals surface area contributed by atoms with Crippen molar-refractivity contribution in [3.63, 3.8) is 0 Å². The summed E-state index contributed by atoms with van der Waals surface area (Å²) in [5, 5.41) is 3.09. The number of fused-ring (bicyclic) bond motifs is 4. The Morgan fingerprint density at radius 1 is 0.833 bits per heavy atom. The molecule has 4 heteroatoms. The monoisotopic (exact) mass is 485 g/mol. The molecule has 0 saturated heterocycles. The summed E-state index contributed by atoms with van der Waals surface area (Å²) in [6.45, 7) is -4.89. The number of halogens is 2. The van der Waals surface area contributed by atoms with Gasteiger partial charge in [-0.1, -0.05) is 68.3 Å². The summed E-state index contributed by atoms with van der Waals surface area (Å²) in [7, 11) is 1.51. The molecule has 0 saturated carbocycles. The van der Waals surface area contributed by atoms with Crippen LogP contribution in [-0.4, -0.2) is 0 Å². The number of hydrogen-bond donors (Lipinski definition) is 0. The van der Waals surface area contributed by atoms with Gasteiger partial charge in [-0.25, -0.2) is 13.3 Å². The second-order valence-electron chi connectivity index (χ2n) is 8.97. The largest absolute Gasteiger partial charge is 0.454 e. The van der Waals surface area contributed by atoms with Crippen LogP contribution in [0.2, 0.25) is 0 Å². The van der Waals surface area contributed by atoms with Crippen molar-refractivity contribution in [2.75, 3.05) is 0 Å². The standard InChI is InChI=1S/C32H26F2NO/c1-18(2)25-17-35(4)28(16-27(25)34)29-19(3)12-13-23-24-14-15-26(33)30(32(24)36-31(23)29)22-11-7-9-20-8-5-6-10-21(20)22/h5-18H,1-4H3/q+1/i1D3,2D3,18D. The topological polar surface area (TPSA) is 17.0 Å². The number of benzene rings is 4. The highest BCUT2D eigenvalue weighted by Gasteiger charge is 2.25. The van der Waals surface area contributed by atoms with Gasteiger partial charge in [-0.15, -0.1) is 0 Å². The lowest BCUT2D eigenvalue weighted by Crippen LogP contribution is -2.32. The number of nitrogens with zero attached hydrogens (tertiary/aromatic N) is 1. The molecular formula is C32H26F2NO+. The Balaban J connectivity index is 1.64. The highest BCUT2D eigenvalue weighted by Crippen LogP contribution is 2.43. The lowest BCUT2D eigenvalue weighted by molar-refractivity contribution is -0.661. The third-order valence-electron chi connectivity index (χ3n) is 6.78. The molecule has 0 aliphatic heterocycles. The molecule has 0 N–H and O–H groups in total. The number of aromatic nitrogens is 1. The van der Waals surface area contributed by atoms with Crippen LogP contribution in [0.3, 0.4) is 0 Å². The molecule has 0 fully saturated rings. The molecule has 0 bridgehead atoms. The minimum absolute atomic E-state index is 0.258. The summed E-state index contributed by atoms with van der Waals surface area (Å²) in [6.07, 6.45) is 1.04. The van der Waals surface area contributed by atoms with E-state index in [9.17, 15) is 0 Å². The summed E-state index contributed by atoms with van der Waals surface area (Å²) in [6, 6.07) is 21.0. The molecule has 6 aromatic rings. The third kappa shape index (κ3) is 3.32. The van der Waals surface area contributed by atoms with Gasteiger partial charge in [-0.3, -0.25) is 0 Å². The first-order valence-corrected chi connectivity index (χ1v) is 11.5. The lowest BCUT2D eigenvalue weighted by Gasteiger charge is -2.10. The average molecular weight is 486 g/mol. The summed E-state index contributed by atoms with van der Waals surface area (Å²) in [5.41, 5.74) is 2.24. The quantitative estimate of drug-likeness (QED) is 0.229. The molecule has 2 heterocycles. The van der Waals surface area contributed by atoms with E-state index >= 15 is 8.78 Å². The number of hydrogen-bond acceptors (Lipinski definition) is 1. The van der Waals surface area contributed by atoms with Crippen LogP contribution in [-0.2, 0) is 7.05 Å². The van der Waals surface area contributed by atoms with Crippen molar-refractivity contribution in [2.24, 2.45) is 7.05 Å². The molecule has 6 rings (SSSR count). The molecule has 4 aromatic carbocycles. The Bertz CT molecular complexity index is 2060. The van der Waals surface area contributed by atoms with Crippen LogP contribution >= 0.6 is 0 Å². The Kier molecular flexibility index (Phi) is 3.64. The van der Waals surface area contributed by atoms with E-state index in [1.807, 2.05) is 54.6 Å². The van der Waals surface area contributed by atoms with Gasteiger partial charge >= 0.3 is 0 Å². The van der Waals surface area contributed by atoms with Crippen LogP contribution in [0.4, 0.5) is 8.78 Å². The molecule has 178 valence electrons. The Morgan fingerprint density at radius 2 is 1.56 bits per heavy atom. The molecule has 0 aliphatic carbocycles. The van der Waals surface area contributed by atoms with Gasteiger partial charge in [0.2, 0.25) is 5.69 Å². The minimum atomic E-state index is -3.34. The molecule has 2 aromatic heterocycles. The van der Waals surface area contributed by atoms with E-state index in [0.717, 1.165) is 23.0 Å². The van der Waals surface area contributed by atoms with Crippen molar-refractivity contribution in [3.05, 3.63) is 102 Å². The fourth-order valence-electron chi connectivity index (χ4n) is 5.05. The predicted molar refractivity (Wildman–Crippen MR) is 142 cm³/mol. The first-order chi connectivity index (χ1) is 20.1. The van der Waals surface area contributed by atoms with Crippen LogP contribution in [0.15, 0.2) is 83.4 Å². The van der Waals surface area contributed by atoms with Crippen LogP contribution in [0, 0.1) is 18.6 Å². The third-order valence-corrected chi connectivity index (χ3v) is 6.78. The number of pyridine rings is 1. The van der Waals surface area contributed by atoms with Gasteiger partial charge < -0.3 is 4.42 Å². The van der Waals surface area contributed by atoms with Gasteiger partial charge in [0.15, 0.2) is 6.20 Å². The van der Waals surface area contributed by atoms with Crippen LogP contribution < -0.4 is 4.57 Å². The molecule has 0 radical (unpaired) electrons. The fourth-order valence-corrected chi connectivity index (χ4v) is 5.05. The van der Waals surface area contributed by atoms with Gasteiger partial charge in [0.1, 0.15) is 29.8 Å². The lowest BCUT2D eigenvalue weighted by atomic mass is 9.95. The van der Waals surface area contributed by atoms with Gasteiger partial charge in [-0.2, -0.15) is 0 Å². The zero-order chi connectivity index (χ0) is 31.1. The SMILES string of the molecule is [2H]C([2H])([2H])C([2H])(c1c[n+](C)c(-c2c(C)ccc3c2oc2c(-c4cccc5ccccc45)c(F)ccc23)cc1F)C([2H])([2H])[2H]. The molecule has 0 atom stereocenters. The fraction of sp³-hybridized carbons (Fsp3) is 0.156. The highest BCUT2D eigenvalue weighted by atomic mass is 19.1. The van der Waals surface area contributed by atoms with E-state index in [0.29, 0.717) is 38.6 Å². The van der Waals surface area contributed by atoms with Gasteiger partial charge in [0.25, 0.3) is 0 Å². The van der Waals surface area contributed by atoms with Crippen LogP contribution in [0.5, 0.6) is 0 Å². The Morgan fingerprint density at radius 3 is 2.36 bits per heavy atom. The highest BCUT2D eigenvalue weighted by molar-refractivity contribution is 6.15. The summed E-state index contributed by atoms with van der Waals surface area (Å²) >= 11 is 0. The second-order valence-corrected chi connectivity index (χ2v) is 8.97. The van der Waals surface area contributed by atoms with Crippen LogP contribution in [0.25, 0.3) is 55.1 Å².